The minimum atomic E-state index is -0.247. The molecule has 5 nitrogen and oxygen atoms in total. The molecular formula is C21H28N4O. The first-order chi connectivity index (χ1) is 12.3. The van der Waals surface area contributed by atoms with Gasteiger partial charge in [0, 0.05) is 11.3 Å². The standard InChI is InChI=1S/C21H28N4O/c1-13-6-8-15(9-7-13)14(2)22-25-20(26)19-17-12-16(21(3,4)5)10-11-18(17)23-24-19/h6-9,16H,10-12H2,1-5H3,(H,23,24)(H,25,26)/b22-14-/t16-/m1/s1. The van der Waals surface area contributed by atoms with E-state index in [2.05, 4.69) is 41.5 Å². The predicted octanol–water partition coefficient (Wildman–Crippen LogP) is 4.02. The van der Waals surface area contributed by atoms with Gasteiger partial charge in [0.15, 0.2) is 5.69 Å². The van der Waals surface area contributed by atoms with Gasteiger partial charge in [-0.2, -0.15) is 10.2 Å². The molecule has 1 aromatic heterocycles. The molecule has 1 aromatic carbocycles. The first-order valence-electron chi connectivity index (χ1n) is 9.23. The Bertz CT molecular complexity index is 825. The third kappa shape index (κ3) is 3.87. The minimum Gasteiger partial charge on any atom is -0.281 e. The molecule has 3 rings (SSSR count). The Morgan fingerprint density at radius 2 is 1.96 bits per heavy atom. The van der Waals surface area contributed by atoms with Gasteiger partial charge in [0.1, 0.15) is 0 Å². The lowest BCUT2D eigenvalue weighted by atomic mass is 9.71. The van der Waals surface area contributed by atoms with E-state index in [1.54, 1.807) is 0 Å². The smallest absolute Gasteiger partial charge is 0.281 e. The van der Waals surface area contributed by atoms with Gasteiger partial charge in [-0.3, -0.25) is 9.89 Å². The third-order valence-corrected chi connectivity index (χ3v) is 5.38. The van der Waals surface area contributed by atoms with E-state index < -0.39 is 0 Å². The van der Waals surface area contributed by atoms with Crippen LogP contribution in [0.15, 0.2) is 29.4 Å². The monoisotopic (exact) mass is 352 g/mol. The van der Waals surface area contributed by atoms with Crippen molar-refractivity contribution in [3.05, 3.63) is 52.3 Å². The Kier molecular flexibility index (Phi) is 4.99. The number of hydrogen-bond donors (Lipinski definition) is 2. The molecule has 0 radical (unpaired) electrons. The van der Waals surface area contributed by atoms with Gasteiger partial charge in [-0.05, 0) is 50.0 Å². The van der Waals surface area contributed by atoms with Gasteiger partial charge < -0.3 is 0 Å². The predicted molar refractivity (Wildman–Crippen MR) is 104 cm³/mol. The first-order valence-corrected chi connectivity index (χ1v) is 9.23. The second-order valence-electron chi connectivity index (χ2n) is 8.34. The summed E-state index contributed by atoms with van der Waals surface area (Å²) in [6.07, 6.45) is 2.96. The molecule has 2 aromatic rings. The van der Waals surface area contributed by atoms with Crippen molar-refractivity contribution in [3.63, 3.8) is 0 Å². The molecule has 2 N–H and O–H groups in total. The number of amides is 1. The zero-order valence-corrected chi connectivity index (χ0v) is 16.3. The van der Waals surface area contributed by atoms with Crippen LogP contribution in [0.2, 0.25) is 0 Å². The van der Waals surface area contributed by atoms with Crippen LogP contribution in [0.5, 0.6) is 0 Å². The van der Waals surface area contributed by atoms with E-state index >= 15 is 0 Å². The lowest BCUT2D eigenvalue weighted by Gasteiger charge is -2.33. The summed E-state index contributed by atoms with van der Waals surface area (Å²) < 4.78 is 0. The second kappa shape index (κ2) is 7.06. The highest BCUT2D eigenvalue weighted by Crippen LogP contribution is 2.37. The molecule has 1 aliphatic carbocycles. The summed E-state index contributed by atoms with van der Waals surface area (Å²) in [5.74, 6) is 0.306. The molecule has 0 aliphatic heterocycles. The number of aromatic nitrogens is 2. The van der Waals surface area contributed by atoms with Gasteiger partial charge >= 0.3 is 0 Å². The van der Waals surface area contributed by atoms with Crippen molar-refractivity contribution in [2.45, 2.75) is 53.9 Å². The highest BCUT2D eigenvalue weighted by atomic mass is 16.2. The van der Waals surface area contributed by atoms with Crippen LogP contribution in [0, 0.1) is 18.3 Å². The number of hydrogen-bond acceptors (Lipinski definition) is 3. The van der Waals surface area contributed by atoms with Crippen LogP contribution >= 0.6 is 0 Å². The Hall–Kier alpha value is -2.43. The topological polar surface area (TPSA) is 70.1 Å². The van der Waals surface area contributed by atoms with Gasteiger partial charge in [0.05, 0.1) is 5.71 Å². The molecule has 0 saturated heterocycles. The normalized spacial score (nSPS) is 17.7. The fourth-order valence-electron chi connectivity index (χ4n) is 3.47. The molecule has 1 heterocycles. The molecule has 1 amide bonds. The number of carbonyl (C=O) groups excluding carboxylic acids is 1. The van der Waals surface area contributed by atoms with Gasteiger partial charge in [-0.15, -0.1) is 0 Å². The number of benzene rings is 1. The first kappa shape index (κ1) is 18.4. The number of carbonyl (C=O) groups is 1. The average molecular weight is 352 g/mol. The van der Waals surface area contributed by atoms with E-state index in [0.29, 0.717) is 11.6 Å². The second-order valence-corrected chi connectivity index (χ2v) is 8.34. The summed E-state index contributed by atoms with van der Waals surface area (Å²) in [4.78, 5) is 12.6. The maximum Gasteiger partial charge on any atom is 0.292 e. The Morgan fingerprint density at radius 1 is 1.27 bits per heavy atom. The third-order valence-electron chi connectivity index (χ3n) is 5.38. The zero-order valence-electron chi connectivity index (χ0n) is 16.3. The molecule has 1 atom stereocenters. The molecule has 0 unspecified atom stereocenters. The van der Waals surface area contributed by atoms with Gasteiger partial charge in [-0.1, -0.05) is 50.6 Å². The Balaban J connectivity index is 1.74. The molecule has 0 saturated carbocycles. The SMILES string of the molecule is C/C(=N/NC(=O)c1n[nH]c2c1C[C@H](C(C)(C)C)CC2)c1ccc(C)cc1. The van der Waals surface area contributed by atoms with Crippen molar-refractivity contribution < 1.29 is 4.79 Å². The average Bonchev–Trinajstić information content (AvgIpc) is 3.02. The zero-order chi connectivity index (χ0) is 18.9. The van der Waals surface area contributed by atoms with Gasteiger partial charge in [0.2, 0.25) is 0 Å². The quantitative estimate of drug-likeness (QED) is 0.647. The van der Waals surface area contributed by atoms with Crippen molar-refractivity contribution in [1.29, 1.82) is 0 Å². The van der Waals surface area contributed by atoms with Crippen LogP contribution in [0.1, 0.15) is 67.0 Å². The van der Waals surface area contributed by atoms with Crippen LogP contribution in [0.4, 0.5) is 0 Å². The Morgan fingerprint density at radius 3 is 2.62 bits per heavy atom. The summed E-state index contributed by atoms with van der Waals surface area (Å²) in [5, 5.41) is 11.6. The number of nitrogens with zero attached hydrogens (tertiary/aromatic N) is 2. The highest BCUT2D eigenvalue weighted by Gasteiger charge is 2.32. The molecule has 26 heavy (non-hydrogen) atoms. The van der Waals surface area contributed by atoms with Crippen molar-refractivity contribution in [1.82, 2.24) is 15.6 Å². The molecule has 0 fully saturated rings. The number of rotatable bonds is 3. The highest BCUT2D eigenvalue weighted by molar-refractivity contribution is 6.00. The molecule has 1 aliphatic rings. The number of hydrazone groups is 1. The lowest BCUT2D eigenvalue weighted by Crippen LogP contribution is -2.28. The van der Waals surface area contributed by atoms with E-state index in [0.717, 1.165) is 41.8 Å². The summed E-state index contributed by atoms with van der Waals surface area (Å²) in [6, 6.07) is 8.08. The molecule has 138 valence electrons. The summed E-state index contributed by atoms with van der Waals surface area (Å²) in [6.45, 7) is 10.7. The molecule has 0 bridgehead atoms. The lowest BCUT2D eigenvalue weighted by molar-refractivity contribution is 0.0947. The summed E-state index contributed by atoms with van der Waals surface area (Å²) in [5.41, 5.74) is 8.48. The van der Waals surface area contributed by atoms with Crippen LogP contribution in [-0.4, -0.2) is 21.8 Å². The number of nitrogens with one attached hydrogen (secondary N) is 2. The van der Waals surface area contributed by atoms with Gasteiger partial charge in [-0.25, -0.2) is 5.43 Å². The van der Waals surface area contributed by atoms with Gasteiger partial charge in [0.25, 0.3) is 5.91 Å². The van der Waals surface area contributed by atoms with E-state index in [9.17, 15) is 4.79 Å². The molecule has 5 heteroatoms. The number of aromatic amines is 1. The van der Waals surface area contributed by atoms with E-state index in [4.69, 9.17) is 0 Å². The number of H-pyrrole nitrogens is 1. The maximum absolute atomic E-state index is 12.6. The number of fused-ring (bicyclic) bond motifs is 1. The van der Waals surface area contributed by atoms with Crippen LogP contribution in [0.3, 0.4) is 0 Å². The van der Waals surface area contributed by atoms with Crippen molar-refractivity contribution in [2.24, 2.45) is 16.4 Å². The molecule has 0 spiro atoms. The summed E-state index contributed by atoms with van der Waals surface area (Å²) >= 11 is 0. The van der Waals surface area contributed by atoms with Crippen LogP contribution in [0.25, 0.3) is 0 Å². The van der Waals surface area contributed by atoms with Crippen LogP contribution in [-0.2, 0) is 12.8 Å². The van der Waals surface area contributed by atoms with Crippen molar-refractivity contribution in [3.8, 4) is 0 Å². The fraction of sp³-hybridized carbons (Fsp3) is 0.476. The van der Waals surface area contributed by atoms with Crippen LogP contribution < -0.4 is 5.43 Å². The summed E-state index contributed by atoms with van der Waals surface area (Å²) in [7, 11) is 0. The largest absolute Gasteiger partial charge is 0.292 e. The van der Waals surface area contributed by atoms with Crippen molar-refractivity contribution in [2.75, 3.05) is 0 Å². The minimum absolute atomic E-state index is 0.225. The maximum atomic E-state index is 12.6. The van der Waals surface area contributed by atoms with E-state index in [-0.39, 0.29) is 11.3 Å². The fourth-order valence-corrected chi connectivity index (χ4v) is 3.47. The number of aryl methyl sites for hydroxylation is 2. The molecular weight excluding hydrogens is 324 g/mol. The van der Waals surface area contributed by atoms with Crippen molar-refractivity contribution >= 4 is 11.6 Å². The van der Waals surface area contributed by atoms with E-state index in [1.807, 2.05) is 38.1 Å². The Labute approximate surface area is 155 Å². The van der Waals surface area contributed by atoms with E-state index in [1.165, 1.54) is 5.56 Å².